The summed E-state index contributed by atoms with van der Waals surface area (Å²) in [6, 6.07) is 8.02. The second kappa shape index (κ2) is 7.56. The van der Waals surface area contributed by atoms with Crippen LogP contribution in [-0.4, -0.2) is 72.5 Å². The number of thiocarbonyl (C=S) groups is 1. The molecule has 1 saturated heterocycles. The molecule has 0 bridgehead atoms. The molecule has 1 heterocycles. The Morgan fingerprint density at radius 1 is 1.32 bits per heavy atom. The summed E-state index contributed by atoms with van der Waals surface area (Å²) in [4.78, 5) is 18.2. The number of nitrogens with zero attached hydrogens (tertiary/aromatic N) is 3. The fourth-order valence-corrected chi connectivity index (χ4v) is 2.55. The van der Waals surface area contributed by atoms with Gasteiger partial charge in [-0.2, -0.15) is 0 Å². The van der Waals surface area contributed by atoms with Crippen molar-refractivity contribution in [1.29, 1.82) is 0 Å². The van der Waals surface area contributed by atoms with E-state index in [9.17, 15) is 4.79 Å². The molecule has 1 aliphatic rings. The molecule has 2 rings (SSSR count). The third-order valence-electron chi connectivity index (χ3n) is 3.84. The van der Waals surface area contributed by atoms with Crippen LogP contribution in [0.4, 0.5) is 5.69 Å². The summed E-state index contributed by atoms with van der Waals surface area (Å²) in [5, 5.41) is 3.74. The number of carbonyl (C=O) groups excluding carboxylic acids is 1. The van der Waals surface area contributed by atoms with Crippen molar-refractivity contribution in [2.45, 2.75) is 6.92 Å². The molecule has 5 nitrogen and oxygen atoms in total. The number of piperazine rings is 1. The van der Waals surface area contributed by atoms with Gasteiger partial charge in [-0.15, -0.1) is 0 Å². The third kappa shape index (κ3) is 4.68. The van der Waals surface area contributed by atoms with E-state index in [0.717, 1.165) is 31.9 Å². The van der Waals surface area contributed by atoms with Gasteiger partial charge in [0.2, 0.25) is 5.91 Å². The maximum absolute atomic E-state index is 12.3. The van der Waals surface area contributed by atoms with Crippen LogP contribution in [0.3, 0.4) is 0 Å². The number of hydrogen-bond acceptors (Lipinski definition) is 3. The highest BCUT2D eigenvalue weighted by atomic mass is 32.1. The van der Waals surface area contributed by atoms with Gasteiger partial charge < -0.3 is 20.0 Å². The first-order valence-corrected chi connectivity index (χ1v) is 7.91. The normalized spacial score (nSPS) is 15.5. The van der Waals surface area contributed by atoms with Crippen LogP contribution in [0, 0.1) is 6.92 Å². The van der Waals surface area contributed by atoms with E-state index in [-0.39, 0.29) is 5.91 Å². The molecule has 22 heavy (non-hydrogen) atoms. The van der Waals surface area contributed by atoms with Crippen molar-refractivity contribution in [3.8, 4) is 0 Å². The minimum absolute atomic E-state index is 0.129. The van der Waals surface area contributed by atoms with E-state index >= 15 is 0 Å². The summed E-state index contributed by atoms with van der Waals surface area (Å²) < 4.78 is 0. The SMILES string of the molecule is Cc1cccc(NC(=S)N(C)CC(=O)N2CCN(C)CC2)c1. The highest BCUT2D eigenvalue weighted by Gasteiger charge is 2.20. The smallest absolute Gasteiger partial charge is 0.242 e. The van der Waals surface area contributed by atoms with Crippen LogP contribution in [0.5, 0.6) is 0 Å². The standard InChI is InChI=1S/C16H24N4OS/c1-13-5-4-6-14(11-13)17-16(22)19(3)12-15(21)20-9-7-18(2)8-10-20/h4-6,11H,7-10,12H2,1-3H3,(H,17,22). The van der Waals surface area contributed by atoms with Gasteiger partial charge in [0, 0.05) is 38.9 Å². The number of anilines is 1. The first kappa shape index (κ1) is 16.7. The van der Waals surface area contributed by atoms with Gasteiger partial charge in [-0.25, -0.2) is 0 Å². The van der Waals surface area contributed by atoms with Gasteiger partial charge in [-0.05, 0) is 43.9 Å². The lowest BCUT2D eigenvalue weighted by molar-refractivity contribution is -0.132. The number of amides is 1. The number of nitrogens with one attached hydrogen (secondary N) is 1. The Bertz CT molecular complexity index is 541. The molecule has 1 aromatic rings. The first-order chi connectivity index (χ1) is 10.5. The van der Waals surface area contributed by atoms with Crippen molar-refractivity contribution in [3.63, 3.8) is 0 Å². The van der Waals surface area contributed by atoms with Crippen molar-refractivity contribution in [2.75, 3.05) is 52.1 Å². The van der Waals surface area contributed by atoms with Gasteiger partial charge in [0.15, 0.2) is 5.11 Å². The Morgan fingerprint density at radius 3 is 2.64 bits per heavy atom. The minimum atomic E-state index is 0.129. The van der Waals surface area contributed by atoms with E-state index in [0.29, 0.717) is 11.7 Å². The van der Waals surface area contributed by atoms with E-state index < -0.39 is 0 Å². The van der Waals surface area contributed by atoms with Crippen molar-refractivity contribution < 1.29 is 4.79 Å². The molecule has 1 aromatic carbocycles. The molecular weight excluding hydrogens is 296 g/mol. The molecule has 0 atom stereocenters. The number of carbonyl (C=O) groups is 1. The molecule has 1 N–H and O–H groups in total. The van der Waals surface area contributed by atoms with Crippen LogP contribution >= 0.6 is 12.2 Å². The number of likely N-dealkylation sites (N-methyl/N-ethyl adjacent to an activating group) is 2. The summed E-state index contributed by atoms with van der Waals surface area (Å²) in [6.07, 6.45) is 0. The average molecular weight is 320 g/mol. The summed E-state index contributed by atoms with van der Waals surface area (Å²) >= 11 is 5.38. The summed E-state index contributed by atoms with van der Waals surface area (Å²) in [5.41, 5.74) is 2.12. The first-order valence-electron chi connectivity index (χ1n) is 7.51. The van der Waals surface area contributed by atoms with Crippen molar-refractivity contribution >= 4 is 28.9 Å². The quantitative estimate of drug-likeness (QED) is 0.852. The van der Waals surface area contributed by atoms with E-state index in [2.05, 4.69) is 17.3 Å². The number of hydrogen-bond donors (Lipinski definition) is 1. The molecule has 120 valence electrons. The van der Waals surface area contributed by atoms with Crippen LogP contribution in [-0.2, 0) is 4.79 Å². The Kier molecular flexibility index (Phi) is 5.74. The maximum atomic E-state index is 12.3. The lowest BCUT2D eigenvalue weighted by atomic mass is 10.2. The van der Waals surface area contributed by atoms with Crippen LogP contribution in [0.15, 0.2) is 24.3 Å². The maximum Gasteiger partial charge on any atom is 0.242 e. The largest absolute Gasteiger partial charge is 0.343 e. The van der Waals surface area contributed by atoms with Crippen molar-refractivity contribution in [1.82, 2.24) is 14.7 Å². The predicted octanol–water partition coefficient (Wildman–Crippen LogP) is 1.40. The summed E-state index contributed by atoms with van der Waals surface area (Å²) in [7, 11) is 3.92. The monoisotopic (exact) mass is 320 g/mol. The molecule has 0 saturated carbocycles. The van der Waals surface area contributed by atoms with Gasteiger partial charge in [-0.3, -0.25) is 4.79 Å². The predicted molar refractivity (Wildman–Crippen MR) is 94.1 cm³/mol. The van der Waals surface area contributed by atoms with Crippen LogP contribution < -0.4 is 5.32 Å². The second-order valence-electron chi connectivity index (χ2n) is 5.84. The zero-order valence-electron chi connectivity index (χ0n) is 13.5. The molecule has 0 aliphatic carbocycles. The van der Waals surface area contributed by atoms with Gasteiger partial charge in [0.1, 0.15) is 0 Å². The zero-order valence-corrected chi connectivity index (χ0v) is 14.3. The fraction of sp³-hybridized carbons (Fsp3) is 0.500. The zero-order chi connectivity index (χ0) is 16.1. The van der Waals surface area contributed by atoms with Crippen LogP contribution in [0.25, 0.3) is 0 Å². The summed E-state index contributed by atoms with van der Waals surface area (Å²) in [6.45, 7) is 5.79. The van der Waals surface area contributed by atoms with Crippen molar-refractivity contribution in [2.24, 2.45) is 0 Å². The van der Waals surface area contributed by atoms with E-state index in [1.165, 1.54) is 5.56 Å². The minimum Gasteiger partial charge on any atom is -0.343 e. The molecule has 6 heteroatoms. The molecule has 0 unspecified atom stereocenters. The van der Waals surface area contributed by atoms with E-state index in [1.54, 1.807) is 4.90 Å². The number of rotatable bonds is 3. The van der Waals surface area contributed by atoms with Gasteiger partial charge in [0.25, 0.3) is 0 Å². The van der Waals surface area contributed by atoms with Gasteiger partial charge in [-0.1, -0.05) is 12.1 Å². The van der Waals surface area contributed by atoms with Crippen LogP contribution in [0.1, 0.15) is 5.56 Å². The molecule has 0 aromatic heterocycles. The lowest BCUT2D eigenvalue weighted by Gasteiger charge is -2.33. The second-order valence-corrected chi connectivity index (χ2v) is 6.23. The Morgan fingerprint density at radius 2 is 2.00 bits per heavy atom. The van der Waals surface area contributed by atoms with E-state index in [1.807, 2.05) is 43.1 Å². The lowest BCUT2D eigenvalue weighted by Crippen LogP contribution is -2.50. The van der Waals surface area contributed by atoms with Gasteiger partial charge in [0.05, 0.1) is 6.54 Å². The fourth-order valence-electron chi connectivity index (χ4n) is 2.37. The van der Waals surface area contributed by atoms with Crippen LogP contribution in [0.2, 0.25) is 0 Å². The topological polar surface area (TPSA) is 38.8 Å². The number of benzene rings is 1. The molecule has 0 spiro atoms. The van der Waals surface area contributed by atoms with Crippen molar-refractivity contribution in [3.05, 3.63) is 29.8 Å². The molecule has 1 fully saturated rings. The number of aryl methyl sites for hydroxylation is 1. The molecule has 1 aliphatic heterocycles. The Balaban J connectivity index is 1.84. The summed E-state index contributed by atoms with van der Waals surface area (Å²) in [5.74, 6) is 0.129. The Labute approximate surface area is 137 Å². The van der Waals surface area contributed by atoms with Gasteiger partial charge >= 0.3 is 0 Å². The third-order valence-corrected chi connectivity index (χ3v) is 4.26. The molecule has 1 amide bonds. The average Bonchev–Trinajstić information content (AvgIpc) is 2.47. The molecular formula is C16H24N4OS. The van der Waals surface area contributed by atoms with E-state index in [4.69, 9.17) is 12.2 Å². The molecule has 0 radical (unpaired) electrons. The highest BCUT2D eigenvalue weighted by molar-refractivity contribution is 7.80. The highest BCUT2D eigenvalue weighted by Crippen LogP contribution is 2.10. The Hall–Kier alpha value is -1.66.